The minimum absolute atomic E-state index is 0.608. The summed E-state index contributed by atoms with van der Waals surface area (Å²) < 4.78 is 7.86. The zero-order chi connectivity index (χ0) is 20.2. The van der Waals surface area contributed by atoms with E-state index in [9.17, 15) is 0 Å². The van der Waals surface area contributed by atoms with Crippen LogP contribution in [0.15, 0.2) is 60.5 Å². The van der Waals surface area contributed by atoms with Crippen LogP contribution in [0.4, 0.5) is 0 Å². The third-order valence-corrected chi connectivity index (χ3v) is 6.35. The lowest BCUT2D eigenvalue weighted by Gasteiger charge is -2.07. The van der Waals surface area contributed by atoms with Crippen molar-refractivity contribution in [2.24, 2.45) is 0 Å². The Morgan fingerprint density at radius 3 is 2.76 bits per heavy atom. The summed E-state index contributed by atoms with van der Waals surface area (Å²) in [4.78, 5) is 1.33. The van der Waals surface area contributed by atoms with Crippen LogP contribution >= 0.6 is 11.3 Å². The lowest BCUT2D eigenvalue weighted by molar-refractivity contribution is 0.164. The van der Waals surface area contributed by atoms with Gasteiger partial charge in [-0.1, -0.05) is 24.3 Å². The molecule has 0 fully saturated rings. The van der Waals surface area contributed by atoms with Crippen molar-refractivity contribution in [3.05, 3.63) is 71.6 Å². The average molecular weight is 405 g/mol. The first kappa shape index (κ1) is 19.9. The van der Waals surface area contributed by atoms with E-state index in [0.717, 1.165) is 19.6 Å². The molecule has 2 heterocycles. The second kappa shape index (κ2) is 8.95. The van der Waals surface area contributed by atoms with Gasteiger partial charge < -0.3 is 14.6 Å². The normalized spacial score (nSPS) is 11.5. The van der Waals surface area contributed by atoms with Gasteiger partial charge in [0, 0.05) is 46.3 Å². The van der Waals surface area contributed by atoms with Gasteiger partial charge in [-0.05, 0) is 60.2 Å². The fourth-order valence-electron chi connectivity index (χ4n) is 3.88. The fourth-order valence-corrected chi connectivity index (χ4v) is 4.77. The van der Waals surface area contributed by atoms with E-state index in [1.807, 2.05) is 11.3 Å². The van der Waals surface area contributed by atoms with Crippen molar-refractivity contribution in [3.63, 3.8) is 0 Å². The molecule has 2 aromatic heterocycles. The van der Waals surface area contributed by atoms with E-state index in [-0.39, 0.29) is 0 Å². The first-order valence-corrected chi connectivity index (χ1v) is 11.1. The molecule has 4 aromatic rings. The molecule has 1 N–H and O–H groups in total. The summed E-state index contributed by atoms with van der Waals surface area (Å²) in [6, 6.07) is 16.0. The van der Waals surface area contributed by atoms with Gasteiger partial charge in [-0.15, -0.1) is 17.9 Å². The standard InChI is InChI=1S/C25H28N2OS/c1-4-11-28-12-10-26-16-19-6-9-23-22(14-19)21-8-7-20(15-24(21)27(23)5-2)25-13-18(3)17-29-25/h4,6-9,13-15,17,26H,1,5,10-12,16H2,2-3H3. The zero-order valence-corrected chi connectivity index (χ0v) is 18.0. The van der Waals surface area contributed by atoms with Gasteiger partial charge in [0.05, 0.1) is 13.2 Å². The van der Waals surface area contributed by atoms with Gasteiger partial charge in [-0.3, -0.25) is 0 Å². The van der Waals surface area contributed by atoms with Gasteiger partial charge >= 0.3 is 0 Å². The summed E-state index contributed by atoms with van der Waals surface area (Å²) >= 11 is 1.82. The predicted octanol–water partition coefficient (Wildman–Crippen LogP) is 6.14. The second-order valence-electron chi connectivity index (χ2n) is 7.36. The molecule has 0 saturated carbocycles. The van der Waals surface area contributed by atoms with Crippen molar-refractivity contribution in [2.75, 3.05) is 19.8 Å². The number of hydrogen-bond donors (Lipinski definition) is 1. The minimum atomic E-state index is 0.608. The number of nitrogens with one attached hydrogen (secondary N) is 1. The van der Waals surface area contributed by atoms with Crippen LogP contribution < -0.4 is 5.32 Å². The maximum atomic E-state index is 5.43. The molecule has 0 bridgehead atoms. The number of rotatable bonds is 9. The molecule has 0 atom stereocenters. The van der Waals surface area contributed by atoms with Gasteiger partial charge in [0.15, 0.2) is 0 Å². The van der Waals surface area contributed by atoms with Crippen molar-refractivity contribution < 1.29 is 4.74 Å². The summed E-state index contributed by atoms with van der Waals surface area (Å²) in [7, 11) is 0. The Morgan fingerprint density at radius 2 is 2.00 bits per heavy atom. The molecular weight excluding hydrogens is 376 g/mol. The summed E-state index contributed by atoms with van der Waals surface area (Å²) in [5.41, 5.74) is 6.55. The molecule has 0 aliphatic carbocycles. The maximum Gasteiger partial charge on any atom is 0.0645 e. The van der Waals surface area contributed by atoms with E-state index in [0.29, 0.717) is 13.2 Å². The molecule has 0 aliphatic heterocycles. The van der Waals surface area contributed by atoms with Crippen molar-refractivity contribution in [3.8, 4) is 10.4 Å². The molecule has 4 rings (SSSR count). The summed E-state index contributed by atoms with van der Waals surface area (Å²) in [5.74, 6) is 0. The number of ether oxygens (including phenoxy) is 1. The molecule has 0 aliphatic rings. The van der Waals surface area contributed by atoms with Crippen molar-refractivity contribution in [1.82, 2.24) is 9.88 Å². The molecule has 0 spiro atoms. The number of hydrogen-bond acceptors (Lipinski definition) is 3. The highest BCUT2D eigenvalue weighted by atomic mass is 32.1. The van der Waals surface area contributed by atoms with Crippen LogP contribution in [0.2, 0.25) is 0 Å². The molecule has 29 heavy (non-hydrogen) atoms. The summed E-state index contributed by atoms with van der Waals surface area (Å²) in [6.45, 7) is 12.0. The second-order valence-corrected chi connectivity index (χ2v) is 8.27. The highest BCUT2D eigenvalue weighted by Gasteiger charge is 2.12. The smallest absolute Gasteiger partial charge is 0.0645 e. The van der Waals surface area contributed by atoms with E-state index in [1.165, 1.54) is 43.4 Å². The Kier molecular flexibility index (Phi) is 6.14. The van der Waals surface area contributed by atoms with E-state index < -0.39 is 0 Å². The molecule has 0 amide bonds. The van der Waals surface area contributed by atoms with E-state index in [4.69, 9.17) is 4.74 Å². The topological polar surface area (TPSA) is 26.2 Å². The van der Waals surface area contributed by atoms with Crippen LogP contribution in [0, 0.1) is 6.92 Å². The summed E-state index contributed by atoms with van der Waals surface area (Å²) in [6.07, 6.45) is 1.78. The Morgan fingerprint density at radius 1 is 1.10 bits per heavy atom. The van der Waals surface area contributed by atoms with Crippen LogP contribution in [-0.2, 0) is 17.8 Å². The van der Waals surface area contributed by atoms with Gasteiger partial charge in [0.25, 0.3) is 0 Å². The van der Waals surface area contributed by atoms with E-state index in [2.05, 4.69) is 78.2 Å². The van der Waals surface area contributed by atoms with Gasteiger partial charge in [-0.2, -0.15) is 0 Å². The van der Waals surface area contributed by atoms with E-state index in [1.54, 1.807) is 6.08 Å². The number of fused-ring (bicyclic) bond motifs is 3. The van der Waals surface area contributed by atoms with Gasteiger partial charge in [0.1, 0.15) is 0 Å². The van der Waals surface area contributed by atoms with Gasteiger partial charge in [-0.25, -0.2) is 0 Å². The molecule has 0 radical (unpaired) electrons. The highest BCUT2D eigenvalue weighted by molar-refractivity contribution is 7.13. The zero-order valence-electron chi connectivity index (χ0n) is 17.2. The SMILES string of the molecule is C=CCOCCNCc1ccc2c(c1)c1ccc(-c3cc(C)cs3)cc1n2CC. The van der Waals surface area contributed by atoms with E-state index >= 15 is 0 Å². The lowest BCUT2D eigenvalue weighted by atomic mass is 10.1. The molecular formula is C25H28N2OS. The van der Waals surface area contributed by atoms with Crippen LogP contribution in [0.25, 0.3) is 32.2 Å². The van der Waals surface area contributed by atoms with Crippen molar-refractivity contribution in [2.45, 2.75) is 26.9 Å². The van der Waals surface area contributed by atoms with Crippen LogP contribution in [0.3, 0.4) is 0 Å². The first-order chi connectivity index (χ1) is 14.2. The number of thiophene rings is 1. The number of nitrogens with zero attached hydrogens (tertiary/aromatic N) is 1. The first-order valence-electron chi connectivity index (χ1n) is 10.2. The number of aromatic nitrogens is 1. The Hall–Kier alpha value is -2.40. The quantitative estimate of drug-likeness (QED) is 0.268. The Balaban J connectivity index is 1.63. The Bertz CT molecular complexity index is 1140. The molecule has 0 saturated heterocycles. The summed E-state index contributed by atoms with van der Waals surface area (Å²) in [5, 5.41) is 8.34. The third kappa shape index (κ3) is 4.15. The van der Waals surface area contributed by atoms with Crippen LogP contribution in [0.1, 0.15) is 18.1 Å². The Labute approximate surface area is 176 Å². The largest absolute Gasteiger partial charge is 0.376 e. The highest BCUT2D eigenvalue weighted by Crippen LogP contribution is 2.34. The number of benzene rings is 2. The average Bonchev–Trinajstić information content (AvgIpc) is 3.31. The molecule has 4 heteroatoms. The minimum Gasteiger partial charge on any atom is -0.376 e. The van der Waals surface area contributed by atoms with Crippen molar-refractivity contribution in [1.29, 1.82) is 0 Å². The molecule has 3 nitrogen and oxygen atoms in total. The van der Waals surface area contributed by atoms with Crippen molar-refractivity contribution >= 4 is 33.1 Å². The fraction of sp³-hybridized carbons (Fsp3) is 0.280. The monoisotopic (exact) mass is 404 g/mol. The third-order valence-electron chi connectivity index (χ3n) is 5.25. The lowest BCUT2D eigenvalue weighted by Crippen LogP contribution is -2.19. The predicted molar refractivity (Wildman–Crippen MR) is 126 cm³/mol. The van der Waals surface area contributed by atoms with Crippen LogP contribution in [0.5, 0.6) is 0 Å². The molecule has 150 valence electrons. The molecule has 2 aromatic carbocycles. The molecule has 0 unspecified atom stereocenters. The van der Waals surface area contributed by atoms with Gasteiger partial charge in [0.2, 0.25) is 0 Å². The van der Waals surface area contributed by atoms with Crippen LogP contribution in [-0.4, -0.2) is 24.3 Å². The number of aryl methyl sites for hydroxylation is 2. The maximum absolute atomic E-state index is 5.43.